The Morgan fingerprint density at radius 3 is 0.909 bits per heavy atom. The molecule has 0 spiro atoms. The van der Waals surface area contributed by atoms with Crippen LogP contribution >= 0.6 is 0 Å². The summed E-state index contributed by atoms with van der Waals surface area (Å²) in [5.74, 6) is 0. The average molecular weight is 1270 g/mol. The van der Waals surface area contributed by atoms with Crippen molar-refractivity contribution in [3.63, 3.8) is 0 Å². The molecule has 2 aliphatic heterocycles. The van der Waals surface area contributed by atoms with Crippen LogP contribution in [0.1, 0.15) is 52.7 Å². The molecular formula is C94H75BN4. The first kappa shape index (κ1) is 60.7. The molecule has 0 aromatic heterocycles. The van der Waals surface area contributed by atoms with Crippen molar-refractivity contribution >= 4 is 113 Å². The fourth-order valence-electron chi connectivity index (χ4n) is 15.4. The Morgan fingerprint density at radius 2 is 0.545 bits per heavy atom. The van der Waals surface area contributed by atoms with Crippen molar-refractivity contribution in [1.82, 2.24) is 0 Å². The summed E-state index contributed by atoms with van der Waals surface area (Å²) in [6, 6.07) is 129. The largest absolute Gasteiger partial charge is 0.311 e. The van der Waals surface area contributed by atoms with E-state index in [9.17, 15) is 0 Å². The van der Waals surface area contributed by atoms with Crippen molar-refractivity contribution in [2.75, 3.05) is 19.6 Å². The lowest BCUT2D eigenvalue weighted by Crippen LogP contribution is -2.61. The smallest absolute Gasteiger partial charge is 0.252 e. The number of rotatable bonds is 12. The van der Waals surface area contributed by atoms with Gasteiger partial charge in [0, 0.05) is 68.2 Å². The summed E-state index contributed by atoms with van der Waals surface area (Å²) in [4.78, 5) is 9.93. The van der Waals surface area contributed by atoms with Gasteiger partial charge in [-0.2, -0.15) is 0 Å². The Labute approximate surface area is 582 Å². The second kappa shape index (κ2) is 24.6. The summed E-state index contributed by atoms with van der Waals surface area (Å²) in [6.45, 7) is 13.9. The van der Waals surface area contributed by atoms with Gasteiger partial charge < -0.3 is 19.6 Å². The molecule has 0 fully saturated rings. The van der Waals surface area contributed by atoms with E-state index in [4.69, 9.17) is 0 Å². The second-order valence-electron chi connectivity index (χ2n) is 28.5. The first-order valence-electron chi connectivity index (χ1n) is 34.7. The minimum Gasteiger partial charge on any atom is -0.311 e. The van der Waals surface area contributed by atoms with Crippen molar-refractivity contribution in [1.29, 1.82) is 0 Å². The number of hydrogen-bond donors (Lipinski definition) is 0. The Hall–Kier alpha value is -11.9. The van der Waals surface area contributed by atoms with Gasteiger partial charge in [0.1, 0.15) is 0 Å². The van der Waals surface area contributed by atoms with E-state index in [-0.39, 0.29) is 17.5 Å². The lowest BCUT2D eigenvalue weighted by Gasteiger charge is -2.45. The molecule has 0 N–H and O–H groups in total. The summed E-state index contributed by atoms with van der Waals surface area (Å²) >= 11 is 0. The zero-order chi connectivity index (χ0) is 66.9. The molecule has 0 aliphatic carbocycles. The van der Waals surface area contributed by atoms with Gasteiger partial charge in [-0.1, -0.05) is 260 Å². The van der Waals surface area contributed by atoms with E-state index in [1.807, 2.05) is 0 Å². The zero-order valence-electron chi connectivity index (χ0n) is 56.8. The summed E-state index contributed by atoms with van der Waals surface area (Å²) in [7, 11) is 0. The second-order valence-corrected chi connectivity index (χ2v) is 28.5. The molecule has 15 aromatic carbocycles. The van der Waals surface area contributed by atoms with Crippen LogP contribution in [0.2, 0.25) is 0 Å². The van der Waals surface area contributed by atoms with Crippen molar-refractivity contribution in [3.05, 3.63) is 357 Å². The summed E-state index contributed by atoms with van der Waals surface area (Å²) < 4.78 is 0. The Morgan fingerprint density at radius 1 is 0.242 bits per heavy atom. The van der Waals surface area contributed by atoms with E-state index in [1.165, 1.54) is 71.3 Å². The fraction of sp³-hybridized carbons (Fsp3) is 0.0851. The number of fused-ring (bicyclic) bond motifs is 6. The van der Waals surface area contributed by atoms with Crippen LogP contribution in [0, 0.1) is 0 Å². The highest BCUT2D eigenvalue weighted by atomic mass is 15.2. The first-order valence-corrected chi connectivity index (χ1v) is 34.7. The van der Waals surface area contributed by atoms with E-state index in [0.29, 0.717) is 0 Å². The SMILES string of the molecule is CC(C)(C)c1cc(-c2cc(-c3cc4c5c(c3)N(c3ccccc3)c3cc(N(c6ccccc6)c6ccccc6)ccc3B5c3ccc(N(c5ccccc5)c5ccccc5)cc3N4c3ccccc3)cc(-c3c4ccccc4c(-c4ccccc4)c4ccccc34)c2)cc(C(C)(C)C)c1. The van der Waals surface area contributed by atoms with Gasteiger partial charge in [0.25, 0.3) is 6.71 Å². The topological polar surface area (TPSA) is 13.0 Å². The first-order chi connectivity index (χ1) is 48.4. The van der Waals surface area contributed by atoms with Gasteiger partial charge in [0.2, 0.25) is 0 Å². The Balaban J connectivity index is 0.994. The molecule has 0 saturated carbocycles. The quantitative estimate of drug-likeness (QED) is 0.0893. The van der Waals surface area contributed by atoms with Crippen LogP contribution < -0.4 is 36.0 Å². The molecule has 4 nitrogen and oxygen atoms in total. The van der Waals surface area contributed by atoms with E-state index in [1.54, 1.807) is 0 Å². The molecule has 0 radical (unpaired) electrons. The molecule has 0 bridgehead atoms. The highest BCUT2D eigenvalue weighted by Crippen LogP contribution is 2.52. The molecule has 2 aliphatic rings. The van der Waals surface area contributed by atoms with Crippen LogP contribution in [0.15, 0.2) is 346 Å². The standard InChI is InChI=1S/C94H75BN4/c1-93(2,3)70-57-67(58-71(61-70)94(4,5)6)65-54-66(56-69(55-65)91-82-48-30-28-46-80(82)90(64-32-14-7-15-33-64)81-47-29-31-49-83(81)91)68-59-88-92-89(60-68)99(77-44-26-13-27-45-77)87-63-79(97(74-38-20-10-21-39-74)75-40-22-11-23-41-75)51-53-85(87)95(92)84-52-50-78(62-86(84)98(88)76-42-24-12-25-43-76)96(72-34-16-8-17-35-72)73-36-18-9-19-37-73/h7-63H,1-6H3. The maximum absolute atomic E-state index is 2.57. The third-order valence-corrected chi connectivity index (χ3v) is 20.2. The van der Waals surface area contributed by atoms with Gasteiger partial charge >= 0.3 is 0 Å². The van der Waals surface area contributed by atoms with Crippen molar-refractivity contribution in [2.24, 2.45) is 0 Å². The third kappa shape index (κ3) is 10.9. The Kier molecular flexibility index (Phi) is 15.1. The van der Waals surface area contributed by atoms with Gasteiger partial charge in [0.05, 0.1) is 0 Å². The van der Waals surface area contributed by atoms with Gasteiger partial charge in [-0.05, 0) is 232 Å². The van der Waals surface area contributed by atoms with E-state index >= 15 is 0 Å². The van der Waals surface area contributed by atoms with Crippen LogP contribution in [0.25, 0.3) is 66.1 Å². The molecule has 15 aromatic rings. The molecule has 0 unspecified atom stereocenters. The minimum absolute atomic E-state index is 0.111. The number of nitrogens with zero attached hydrogens (tertiary/aromatic N) is 4. The Bertz CT molecular complexity index is 5150. The van der Waals surface area contributed by atoms with Crippen molar-refractivity contribution < 1.29 is 0 Å². The highest BCUT2D eigenvalue weighted by molar-refractivity contribution is 7.00. The average Bonchev–Trinajstić information content (AvgIpc) is 0.697. The van der Waals surface area contributed by atoms with E-state index in [0.717, 1.165) is 90.5 Å². The molecule has 5 heteroatoms. The van der Waals surface area contributed by atoms with Gasteiger partial charge in [0.15, 0.2) is 0 Å². The fourth-order valence-corrected chi connectivity index (χ4v) is 15.4. The van der Waals surface area contributed by atoms with E-state index in [2.05, 4.69) is 407 Å². The van der Waals surface area contributed by atoms with Gasteiger partial charge in [-0.3, -0.25) is 0 Å². The molecule has 99 heavy (non-hydrogen) atoms. The van der Waals surface area contributed by atoms with Gasteiger partial charge in [-0.25, -0.2) is 0 Å². The minimum atomic E-state index is -0.181. The molecular weight excluding hydrogens is 1200 g/mol. The molecule has 0 saturated heterocycles. The van der Waals surface area contributed by atoms with Crippen LogP contribution in [0.3, 0.4) is 0 Å². The lowest BCUT2D eigenvalue weighted by atomic mass is 9.33. The normalized spacial score (nSPS) is 12.5. The lowest BCUT2D eigenvalue weighted by molar-refractivity contribution is 0.569. The predicted molar refractivity (Wildman–Crippen MR) is 424 cm³/mol. The zero-order valence-corrected chi connectivity index (χ0v) is 56.8. The molecule has 0 amide bonds. The van der Waals surface area contributed by atoms with Crippen LogP contribution in [0.4, 0.5) is 68.2 Å². The number of anilines is 12. The summed E-state index contributed by atoms with van der Waals surface area (Å²) in [5, 5.41) is 4.88. The number of benzene rings is 15. The van der Waals surface area contributed by atoms with Crippen LogP contribution in [0.5, 0.6) is 0 Å². The van der Waals surface area contributed by atoms with Crippen molar-refractivity contribution in [3.8, 4) is 44.5 Å². The number of hydrogen-bond acceptors (Lipinski definition) is 4. The maximum atomic E-state index is 2.57. The summed E-state index contributed by atoms with van der Waals surface area (Å²) in [6.07, 6.45) is 0. The molecule has 474 valence electrons. The van der Waals surface area contributed by atoms with Crippen LogP contribution in [-0.4, -0.2) is 6.71 Å². The predicted octanol–water partition coefficient (Wildman–Crippen LogP) is 24.3. The highest BCUT2D eigenvalue weighted by Gasteiger charge is 2.44. The maximum Gasteiger partial charge on any atom is 0.252 e. The number of para-hydroxylation sites is 6. The van der Waals surface area contributed by atoms with Crippen LogP contribution in [-0.2, 0) is 10.8 Å². The van der Waals surface area contributed by atoms with Crippen molar-refractivity contribution in [2.45, 2.75) is 52.4 Å². The molecule has 2 heterocycles. The molecule has 0 atom stereocenters. The third-order valence-electron chi connectivity index (χ3n) is 20.2. The monoisotopic (exact) mass is 1270 g/mol. The molecule has 17 rings (SSSR count). The van der Waals surface area contributed by atoms with Gasteiger partial charge in [-0.15, -0.1) is 0 Å². The van der Waals surface area contributed by atoms with E-state index < -0.39 is 0 Å². The summed E-state index contributed by atoms with van der Waals surface area (Å²) in [5.41, 5.74) is 28.6.